The molecule has 0 fully saturated rings. The van der Waals surface area contributed by atoms with E-state index in [9.17, 15) is 4.79 Å². The van der Waals surface area contributed by atoms with Crippen LogP contribution in [0.15, 0.2) is 48.8 Å². The molecule has 23 heavy (non-hydrogen) atoms. The number of benzene rings is 1. The zero-order chi connectivity index (χ0) is 16.5. The Morgan fingerprint density at radius 3 is 2.74 bits per heavy atom. The van der Waals surface area contributed by atoms with E-state index in [1.54, 1.807) is 41.6 Å². The maximum atomic E-state index is 12.3. The summed E-state index contributed by atoms with van der Waals surface area (Å²) in [6, 6.07) is 12.6. The van der Waals surface area contributed by atoms with E-state index in [2.05, 4.69) is 11.1 Å². The summed E-state index contributed by atoms with van der Waals surface area (Å²) in [5.41, 5.74) is 0.908. The van der Waals surface area contributed by atoms with Crippen molar-refractivity contribution in [2.24, 2.45) is 0 Å². The fourth-order valence-corrected chi connectivity index (χ4v) is 2.08. The first kappa shape index (κ1) is 16.8. The molecule has 1 amide bonds. The number of rotatable bonds is 7. The van der Waals surface area contributed by atoms with Gasteiger partial charge in [0.25, 0.3) is 5.91 Å². The van der Waals surface area contributed by atoms with Crippen LogP contribution in [0.3, 0.4) is 0 Å². The largest absolute Gasteiger partial charge is 0.484 e. The lowest BCUT2D eigenvalue weighted by Gasteiger charge is -2.21. The zero-order valence-corrected chi connectivity index (χ0v) is 13.2. The van der Waals surface area contributed by atoms with Crippen LogP contribution in [-0.4, -0.2) is 28.9 Å². The Bertz CT molecular complexity index is 668. The Labute approximate surface area is 140 Å². The number of carbonyl (C=O) groups excluding carboxylic acids is 1. The van der Waals surface area contributed by atoms with Crippen LogP contribution >= 0.6 is 11.6 Å². The molecule has 2 aromatic rings. The molecule has 118 valence electrons. The summed E-state index contributed by atoms with van der Waals surface area (Å²) in [7, 11) is 0. The summed E-state index contributed by atoms with van der Waals surface area (Å²) in [4.78, 5) is 18.0. The molecule has 0 saturated heterocycles. The molecule has 0 unspecified atom stereocenters. The summed E-state index contributed by atoms with van der Waals surface area (Å²) in [5.74, 6) is 0.392. The standard InChI is InChI=1S/C17H16ClN3O2/c18-15-4-6-16(7-5-15)23-13-17(22)21(10-2-8-19)12-14-3-1-9-20-11-14/h1,3-7,9,11H,2,10,12-13H2. The summed E-state index contributed by atoms with van der Waals surface area (Å²) in [6.07, 6.45) is 3.65. The van der Waals surface area contributed by atoms with E-state index in [4.69, 9.17) is 21.6 Å². The van der Waals surface area contributed by atoms with Crippen LogP contribution in [0.25, 0.3) is 0 Å². The Morgan fingerprint density at radius 1 is 1.30 bits per heavy atom. The van der Waals surface area contributed by atoms with Gasteiger partial charge in [0.1, 0.15) is 5.75 Å². The second-order valence-corrected chi connectivity index (χ2v) is 5.26. The van der Waals surface area contributed by atoms with Crippen molar-refractivity contribution >= 4 is 17.5 Å². The maximum Gasteiger partial charge on any atom is 0.260 e. The quantitative estimate of drug-likeness (QED) is 0.783. The Hall–Kier alpha value is -2.58. The van der Waals surface area contributed by atoms with Crippen LogP contribution in [-0.2, 0) is 11.3 Å². The number of ether oxygens (including phenoxy) is 1. The molecular weight excluding hydrogens is 314 g/mol. The van der Waals surface area contributed by atoms with E-state index in [0.29, 0.717) is 23.9 Å². The smallest absolute Gasteiger partial charge is 0.260 e. The zero-order valence-electron chi connectivity index (χ0n) is 12.5. The minimum atomic E-state index is -0.181. The van der Waals surface area contributed by atoms with E-state index < -0.39 is 0 Å². The molecule has 1 aromatic carbocycles. The van der Waals surface area contributed by atoms with Crippen molar-refractivity contribution in [3.05, 3.63) is 59.4 Å². The van der Waals surface area contributed by atoms with Crippen LogP contribution in [0.5, 0.6) is 5.75 Å². The highest BCUT2D eigenvalue weighted by molar-refractivity contribution is 6.30. The third kappa shape index (κ3) is 5.61. The first-order valence-corrected chi connectivity index (χ1v) is 7.49. The average molecular weight is 330 g/mol. The summed E-state index contributed by atoms with van der Waals surface area (Å²) < 4.78 is 5.47. The number of pyridine rings is 1. The molecule has 5 nitrogen and oxygen atoms in total. The third-order valence-electron chi connectivity index (χ3n) is 3.12. The molecule has 6 heteroatoms. The van der Waals surface area contributed by atoms with Gasteiger partial charge in [0, 0.05) is 30.5 Å². The SMILES string of the molecule is N#CCCN(Cc1cccnc1)C(=O)COc1ccc(Cl)cc1. The molecule has 0 aliphatic carbocycles. The van der Waals surface area contributed by atoms with Crippen molar-refractivity contribution < 1.29 is 9.53 Å². The highest BCUT2D eigenvalue weighted by Crippen LogP contribution is 2.15. The predicted molar refractivity (Wildman–Crippen MR) is 86.8 cm³/mol. The fourth-order valence-electron chi connectivity index (χ4n) is 1.96. The number of nitrogens with zero attached hydrogens (tertiary/aromatic N) is 3. The number of hydrogen-bond donors (Lipinski definition) is 0. The van der Waals surface area contributed by atoms with Gasteiger partial charge in [0.15, 0.2) is 6.61 Å². The summed E-state index contributed by atoms with van der Waals surface area (Å²) in [6.45, 7) is 0.667. The molecule has 0 aliphatic rings. The van der Waals surface area contributed by atoms with Gasteiger partial charge in [-0.1, -0.05) is 17.7 Å². The monoisotopic (exact) mass is 329 g/mol. The van der Waals surface area contributed by atoms with E-state index in [1.807, 2.05) is 12.1 Å². The minimum Gasteiger partial charge on any atom is -0.484 e. The van der Waals surface area contributed by atoms with Crippen molar-refractivity contribution in [2.45, 2.75) is 13.0 Å². The number of aromatic nitrogens is 1. The van der Waals surface area contributed by atoms with E-state index in [0.717, 1.165) is 5.56 Å². The third-order valence-corrected chi connectivity index (χ3v) is 3.37. The van der Waals surface area contributed by atoms with E-state index >= 15 is 0 Å². The second kappa shape index (κ2) is 8.76. The van der Waals surface area contributed by atoms with Crippen LogP contribution < -0.4 is 4.74 Å². The van der Waals surface area contributed by atoms with Crippen LogP contribution in [0.4, 0.5) is 0 Å². The molecule has 0 radical (unpaired) electrons. The van der Waals surface area contributed by atoms with E-state index in [1.165, 1.54) is 0 Å². The molecule has 0 atom stereocenters. The van der Waals surface area contributed by atoms with Crippen LogP contribution in [0.1, 0.15) is 12.0 Å². The number of nitriles is 1. The number of amides is 1. The molecule has 0 N–H and O–H groups in total. The summed E-state index contributed by atoms with van der Waals surface area (Å²) in [5, 5.41) is 9.36. The molecule has 0 saturated carbocycles. The Balaban J connectivity index is 1.95. The van der Waals surface area contributed by atoms with Gasteiger partial charge in [-0.05, 0) is 35.9 Å². The van der Waals surface area contributed by atoms with Gasteiger partial charge >= 0.3 is 0 Å². The van der Waals surface area contributed by atoms with Crippen molar-refractivity contribution in [1.29, 1.82) is 5.26 Å². The topological polar surface area (TPSA) is 66.2 Å². The number of carbonyl (C=O) groups is 1. The minimum absolute atomic E-state index is 0.0900. The van der Waals surface area contributed by atoms with Gasteiger partial charge < -0.3 is 9.64 Å². The fraction of sp³-hybridized carbons (Fsp3) is 0.235. The first-order valence-electron chi connectivity index (χ1n) is 7.11. The lowest BCUT2D eigenvalue weighted by Crippen LogP contribution is -2.35. The first-order chi connectivity index (χ1) is 11.2. The van der Waals surface area contributed by atoms with Crippen molar-refractivity contribution in [3.8, 4) is 11.8 Å². The highest BCUT2D eigenvalue weighted by Gasteiger charge is 2.14. The van der Waals surface area contributed by atoms with Crippen molar-refractivity contribution in [1.82, 2.24) is 9.88 Å². The molecular formula is C17H16ClN3O2. The Kier molecular flexibility index (Phi) is 6.40. The predicted octanol–water partition coefficient (Wildman–Crippen LogP) is 3.06. The van der Waals surface area contributed by atoms with Crippen LogP contribution in [0.2, 0.25) is 5.02 Å². The van der Waals surface area contributed by atoms with E-state index in [-0.39, 0.29) is 18.9 Å². The molecule has 2 rings (SSSR count). The molecule has 0 spiro atoms. The van der Waals surface area contributed by atoms with Crippen molar-refractivity contribution in [2.75, 3.05) is 13.2 Å². The van der Waals surface area contributed by atoms with Gasteiger partial charge in [-0.15, -0.1) is 0 Å². The van der Waals surface area contributed by atoms with Gasteiger partial charge in [0.2, 0.25) is 0 Å². The number of hydrogen-bond acceptors (Lipinski definition) is 4. The van der Waals surface area contributed by atoms with Crippen LogP contribution in [0, 0.1) is 11.3 Å². The molecule has 1 heterocycles. The lowest BCUT2D eigenvalue weighted by atomic mass is 10.2. The Morgan fingerprint density at radius 2 is 2.09 bits per heavy atom. The second-order valence-electron chi connectivity index (χ2n) is 4.83. The average Bonchev–Trinajstić information content (AvgIpc) is 2.58. The van der Waals surface area contributed by atoms with Gasteiger partial charge in [-0.25, -0.2) is 0 Å². The number of halogens is 1. The lowest BCUT2D eigenvalue weighted by molar-refractivity contribution is -0.133. The van der Waals surface area contributed by atoms with Gasteiger partial charge in [0.05, 0.1) is 12.5 Å². The van der Waals surface area contributed by atoms with Gasteiger partial charge in [-0.2, -0.15) is 5.26 Å². The summed E-state index contributed by atoms with van der Waals surface area (Å²) >= 11 is 5.81. The van der Waals surface area contributed by atoms with Crippen molar-refractivity contribution in [3.63, 3.8) is 0 Å². The van der Waals surface area contributed by atoms with Gasteiger partial charge in [-0.3, -0.25) is 9.78 Å². The molecule has 0 aliphatic heterocycles. The normalized spacial score (nSPS) is 9.91. The molecule has 0 bridgehead atoms. The highest BCUT2D eigenvalue weighted by atomic mass is 35.5. The molecule has 1 aromatic heterocycles. The maximum absolute atomic E-state index is 12.3.